The molecule has 2 N–H and O–H groups in total. The Bertz CT molecular complexity index is 593. The van der Waals surface area contributed by atoms with Gasteiger partial charge in [-0.25, -0.2) is 0 Å². The topological polar surface area (TPSA) is 61.4 Å². The first kappa shape index (κ1) is 20.7. The van der Waals surface area contributed by atoms with Crippen molar-refractivity contribution in [2.24, 2.45) is 5.92 Å². The number of amides is 2. The third-order valence-electron chi connectivity index (χ3n) is 4.07. The summed E-state index contributed by atoms with van der Waals surface area (Å²) in [6.45, 7) is 5.16. The largest absolute Gasteiger partial charge is 0.334 e. The van der Waals surface area contributed by atoms with Crippen molar-refractivity contribution in [3.63, 3.8) is 0 Å². The lowest BCUT2D eigenvalue weighted by Crippen LogP contribution is -2.41. The van der Waals surface area contributed by atoms with Gasteiger partial charge in [-0.3, -0.25) is 9.59 Å². The van der Waals surface area contributed by atoms with Crippen LogP contribution in [-0.4, -0.2) is 42.9 Å². The molecular formula is C17H25Cl2N3O2. The number of likely N-dealkylation sites (tertiary alicyclic amines) is 1. The van der Waals surface area contributed by atoms with Gasteiger partial charge in [0.2, 0.25) is 5.91 Å². The third kappa shape index (κ3) is 4.85. The quantitative estimate of drug-likeness (QED) is 0.832. The highest BCUT2D eigenvalue weighted by atomic mass is 35.5. The summed E-state index contributed by atoms with van der Waals surface area (Å²) in [7, 11) is 1.88. The monoisotopic (exact) mass is 373 g/mol. The van der Waals surface area contributed by atoms with Crippen LogP contribution in [0.1, 0.15) is 37.0 Å². The maximum absolute atomic E-state index is 12.8. The Kier molecular flexibility index (Phi) is 8.00. The minimum Gasteiger partial charge on any atom is -0.334 e. The van der Waals surface area contributed by atoms with E-state index in [-0.39, 0.29) is 36.2 Å². The molecule has 0 aliphatic carbocycles. The van der Waals surface area contributed by atoms with Crippen LogP contribution in [0.15, 0.2) is 18.2 Å². The second-order valence-electron chi connectivity index (χ2n) is 6.19. The second kappa shape index (κ2) is 9.25. The Morgan fingerprint density at radius 2 is 2.08 bits per heavy atom. The van der Waals surface area contributed by atoms with Crippen LogP contribution in [0.3, 0.4) is 0 Å². The molecular weight excluding hydrogens is 349 g/mol. The predicted octanol–water partition coefficient (Wildman–Crippen LogP) is 3.18. The van der Waals surface area contributed by atoms with Crippen LogP contribution in [0, 0.1) is 5.92 Å². The van der Waals surface area contributed by atoms with Gasteiger partial charge in [0.15, 0.2) is 0 Å². The molecule has 0 radical (unpaired) electrons. The first-order valence-electron chi connectivity index (χ1n) is 8.00. The molecule has 1 aliphatic heterocycles. The zero-order valence-electron chi connectivity index (χ0n) is 14.3. The Labute approximate surface area is 154 Å². The first-order chi connectivity index (χ1) is 10.9. The van der Waals surface area contributed by atoms with E-state index >= 15 is 0 Å². The first-order valence-corrected chi connectivity index (χ1v) is 8.37. The standard InChI is InChI=1S/C17H24ClN3O2.ClH/c1-11(2)16(22)20-12-6-7-15(18)14(9-12)17(23)21-8-4-5-13(21)10-19-3;/h6-7,9,11,13,19H,4-5,8,10H2,1-3H3,(H,20,22);1H. The Morgan fingerprint density at radius 1 is 1.38 bits per heavy atom. The Balaban J connectivity index is 0.00000288. The third-order valence-corrected chi connectivity index (χ3v) is 4.40. The van der Waals surface area contributed by atoms with Gasteiger partial charge >= 0.3 is 0 Å². The van der Waals surface area contributed by atoms with Crippen molar-refractivity contribution in [3.8, 4) is 0 Å². The molecule has 1 saturated heterocycles. The number of nitrogens with one attached hydrogen (secondary N) is 2. The number of benzene rings is 1. The number of carbonyl (C=O) groups is 2. The number of carbonyl (C=O) groups excluding carboxylic acids is 2. The summed E-state index contributed by atoms with van der Waals surface area (Å²) in [5, 5.41) is 6.35. The van der Waals surface area contributed by atoms with Crippen molar-refractivity contribution >= 4 is 41.5 Å². The van der Waals surface area contributed by atoms with E-state index in [9.17, 15) is 9.59 Å². The zero-order chi connectivity index (χ0) is 17.0. The fourth-order valence-corrected chi connectivity index (χ4v) is 2.96. The lowest BCUT2D eigenvalue weighted by Gasteiger charge is -2.25. The van der Waals surface area contributed by atoms with Gasteiger partial charge in [-0.2, -0.15) is 0 Å². The SMILES string of the molecule is CNCC1CCCN1C(=O)c1cc(NC(=O)C(C)C)ccc1Cl.Cl. The van der Waals surface area contributed by atoms with Crippen molar-refractivity contribution in [2.45, 2.75) is 32.7 Å². The summed E-state index contributed by atoms with van der Waals surface area (Å²) < 4.78 is 0. The number of halogens is 2. The molecule has 0 bridgehead atoms. The van der Waals surface area contributed by atoms with E-state index in [4.69, 9.17) is 11.6 Å². The highest BCUT2D eigenvalue weighted by Crippen LogP contribution is 2.26. The minimum atomic E-state index is -0.122. The summed E-state index contributed by atoms with van der Waals surface area (Å²) in [5.41, 5.74) is 1.04. The Morgan fingerprint density at radius 3 is 2.71 bits per heavy atom. The molecule has 1 heterocycles. The molecule has 5 nitrogen and oxygen atoms in total. The molecule has 134 valence electrons. The molecule has 0 spiro atoms. The molecule has 2 amide bonds. The maximum Gasteiger partial charge on any atom is 0.255 e. The van der Waals surface area contributed by atoms with Crippen molar-refractivity contribution in [3.05, 3.63) is 28.8 Å². The Hall–Kier alpha value is -1.30. The smallest absolute Gasteiger partial charge is 0.255 e. The van der Waals surface area contributed by atoms with Crippen LogP contribution in [0.2, 0.25) is 5.02 Å². The molecule has 1 atom stereocenters. The summed E-state index contributed by atoms with van der Waals surface area (Å²) in [6.07, 6.45) is 1.99. The van der Waals surface area contributed by atoms with E-state index in [1.165, 1.54) is 0 Å². The van der Waals surface area contributed by atoms with Gasteiger partial charge in [0.1, 0.15) is 0 Å². The zero-order valence-corrected chi connectivity index (χ0v) is 15.8. The average Bonchev–Trinajstić information content (AvgIpc) is 2.97. The van der Waals surface area contributed by atoms with Gasteiger partial charge in [-0.15, -0.1) is 12.4 Å². The van der Waals surface area contributed by atoms with Crippen LogP contribution in [0.5, 0.6) is 0 Å². The minimum absolute atomic E-state index is 0. The normalized spacial score (nSPS) is 16.9. The average molecular weight is 374 g/mol. The highest BCUT2D eigenvalue weighted by molar-refractivity contribution is 6.34. The molecule has 24 heavy (non-hydrogen) atoms. The van der Waals surface area contributed by atoms with Crippen LogP contribution >= 0.6 is 24.0 Å². The second-order valence-corrected chi connectivity index (χ2v) is 6.60. The fraction of sp³-hybridized carbons (Fsp3) is 0.529. The number of hydrogen-bond donors (Lipinski definition) is 2. The molecule has 2 rings (SSSR count). The van der Waals surface area contributed by atoms with Crippen molar-refractivity contribution < 1.29 is 9.59 Å². The van der Waals surface area contributed by atoms with E-state index in [0.717, 1.165) is 25.9 Å². The fourth-order valence-electron chi connectivity index (χ4n) is 2.76. The summed E-state index contributed by atoms with van der Waals surface area (Å²) in [4.78, 5) is 26.5. The molecule has 1 aromatic carbocycles. The van der Waals surface area contributed by atoms with Crippen LogP contribution in [-0.2, 0) is 4.79 Å². The molecule has 7 heteroatoms. The molecule has 1 fully saturated rings. The van der Waals surface area contributed by atoms with E-state index in [1.54, 1.807) is 18.2 Å². The summed E-state index contributed by atoms with van der Waals surface area (Å²) >= 11 is 6.22. The highest BCUT2D eigenvalue weighted by Gasteiger charge is 2.30. The van der Waals surface area contributed by atoms with Crippen LogP contribution < -0.4 is 10.6 Å². The number of anilines is 1. The van der Waals surface area contributed by atoms with Gasteiger partial charge in [-0.05, 0) is 38.1 Å². The van der Waals surface area contributed by atoms with Gasteiger partial charge in [0.25, 0.3) is 5.91 Å². The summed E-state index contributed by atoms with van der Waals surface area (Å²) in [5.74, 6) is -0.281. The number of rotatable bonds is 5. The van der Waals surface area contributed by atoms with Crippen molar-refractivity contribution in [1.29, 1.82) is 0 Å². The lowest BCUT2D eigenvalue weighted by molar-refractivity contribution is -0.118. The van der Waals surface area contributed by atoms with E-state index < -0.39 is 0 Å². The maximum atomic E-state index is 12.8. The van der Waals surface area contributed by atoms with Crippen molar-refractivity contribution in [2.75, 3.05) is 25.5 Å². The molecule has 0 saturated carbocycles. The van der Waals surface area contributed by atoms with Gasteiger partial charge in [0, 0.05) is 30.7 Å². The van der Waals surface area contributed by atoms with Gasteiger partial charge < -0.3 is 15.5 Å². The summed E-state index contributed by atoms with van der Waals surface area (Å²) in [6, 6.07) is 5.24. The van der Waals surface area contributed by atoms with Gasteiger partial charge in [-0.1, -0.05) is 25.4 Å². The number of nitrogens with zero attached hydrogens (tertiary/aromatic N) is 1. The number of likely N-dealkylation sites (N-methyl/N-ethyl adjacent to an activating group) is 1. The van der Waals surface area contributed by atoms with E-state index in [2.05, 4.69) is 10.6 Å². The molecule has 1 aliphatic rings. The molecule has 0 aromatic heterocycles. The van der Waals surface area contributed by atoms with Crippen LogP contribution in [0.4, 0.5) is 5.69 Å². The molecule has 1 unspecified atom stereocenters. The lowest BCUT2D eigenvalue weighted by atomic mass is 10.1. The van der Waals surface area contributed by atoms with Crippen molar-refractivity contribution in [1.82, 2.24) is 10.2 Å². The van der Waals surface area contributed by atoms with E-state index in [1.807, 2.05) is 25.8 Å². The van der Waals surface area contributed by atoms with E-state index in [0.29, 0.717) is 16.3 Å². The van der Waals surface area contributed by atoms with Gasteiger partial charge in [0.05, 0.1) is 10.6 Å². The number of hydrogen-bond acceptors (Lipinski definition) is 3. The predicted molar refractivity (Wildman–Crippen MR) is 100 cm³/mol. The van der Waals surface area contributed by atoms with Crippen LogP contribution in [0.25, 0.3) is 0 Å². The molecule has 1 aromatic rings.